The second-order valence-electron chi connectivity index (χ2n) is 4.70. The molecule has 3 heteroatoms. The minimum absolute atomic E-state index is 0.0801. The van der Waals surface area contributed by atoms with Gasteiger partial charge < -0.3 is 0 Å². The average molecular weight is 281 g/mol. The lowest BCUT2D eigenvalue weighted by atomic mass is 9.99. The number of carbonyl (C=O) groups excluding carboxylic acids is 1. The molecule has 108 valence electrons. The van der Waals surface area contributed by atoms with Gasteiger partial charge in [0.05, 0.1) is 13.5 Å². The predicted octanol–water partition coefficient (Wildman–Crippen LogP) is 3.64. The summed E-state index contributed by atoms with van der Waals surface area (Å²) in [4.78, 5) is 17.1. The van der Waals surface area contributed by atoms with Crippen molar-refractivity contribution in [2.75, 3.05) is 14.2 Å². The number of benzene rings is 2. The van der Waals surface area contributed by atoms with Gasteiger partial charge in [0.2, 0.25) is 5.91 Å². The Labute approximate surface area is 125 Å². The van der Waals surface area contributed by atoms with E-state index in [1.807, 2.05) is 66.7 Å². The van der Waals surface area contributed by atoms with Crippen LogP contribution in [0.5, 0.6) is 0 Å². The number of rotatable bonds is 5. The molecule has 0 aliphatic carbocycles. The Balaban J connectivity index is 2.32. The maximum atomic E-state index is 12.1. The lowest BCUT2D eigenvalue weighted by molar-refractivity contribution is -0.167. The molecule has 2 aromatic rings. The van der Waals surface area contributed by atoms with E-state index in [1.54, 1.807) is 7.05 Å². The molecular weight excluding hydrogens is 262 g/mol. The first-order valence-electron chi connectivity index (χ1n) is 6.82. The summed E-state index contributed by atoms with van der Waals surface area (Å²) >= 11 is 0. The molecular formula is C18H19NO2. The lowest BCUT2D eigenvalue weighted by Crippen LogP contribution is -2.25. The van der Waals surface area contributed by atoms with E-state index in [2.05, 4.69) is 0 Å². The molecule has 0 aliphatic heterocycles. The van der Waals surface area contributed by atoms with Crippen LogP contribution in [0.25, 0.3) is 11.6 Å². The van der Waals surface area contributed by atoms with E-state index in [4.69, 9.17) is 4.84 Å². The molecule has 0 saturated heterocycles. The van der Waals surface area contributed by atoms with Gasteiger partial charge in [-0.3, -0.25) is 9.63 Å². The van der Waals surface area contributed by atoms with Crippen LogP contribution in [-0.4, -0.2) is 25.1 Å². The summed E-state index contributed by atoms with van der Waals surface area (Å²) in [5, 5.41) is 1.25. The fourth-order valence-electron chi connectivity index (χ4n) is 2.02. The quantitative estimate of drug-likeness (QED) is 0.618. The lowest BCUT2D eigenvalue weighted by Gasteiger charge is -2.15. The van der Waals surface area contributed by atoms with Crippen LogP contribution in [0.4, 0.5) is 0 Å². The maximum absolute atomic E-state index is 12.1. The molecule has 0 fully saturated rings. The SMILES string of the molecule is CON(C)C(=O)C/C(=C\c1ccccc1)c1ccccc1. The molecule has 21 heavy (non-hydrogen) atoms. The first-order valence-corrected chi connectivity index (χ1v) is 6.82. The minimum atomic E-state index is -0.0801. The molecule has 0 bridgehead atoms. The van der Waals surface area contributed by atoms with Crippen molar-refractivity contribution in [3.05, 3.63) is 71.8 Å². The van der Waals surface area contributed by atoms with Crippen LogP contribution in [0.3, 0.4) is 0 Å². The molecule has 0 saturated carbocycles. The minimum Gasteiger partial charge on any atom is -0.275 e. The summed E-state index contributed by atoms with van der Waals surface area (Å²) < 4.78 is 0. The second kappa shape index (κ2) is 7.41. The van der Waals surface area contributed by atoms with Gasteiger partial charge in [0.1, 0.15) is 0 Å². The summed E-state index contributed by atoms with van der Waals surface area (Å²) in [7, 11) is 3.11. The maximum Gasteiger partial charge on any atom is 0.250 e. The third-order valence-corrected chi connectivity index (χ3v) is 3.25. The van der Waals surface area contributed by atoms with Crippen LogP contribution < -0.4 is 0 Å². The summed E-state index contributed by atoms with van der Waals surface area (Å²) in [6.45, 7) is 0. The third kappa shape index (κ3) is 4.29. The van der Waals surface area contributed by atoms with Crippen molar-refractivity contribution in [2.45, 2.75) is 6.42 Å². The molecule has 0 N–H and O–H groups in total. The van der Waals surface area contributed by atoms with Crippen LogP contribution in [0.2, 0.25) is 0 Å². The van der Waals surface area contributed by atoms with Crippen LogP contribution in [0.15, 0.2) is 60.7 Å². The second-order valence-corrected chi connectivity index (χ2v) is 4.70. The van der Waals surface area contributed by atoms with Crippen molar-refractivity contribution in [1.82, 2.24) is 5.06 Å². The van der Waals surface area contributed by atoms with Gasteiger partial charge in [-0.15, -0.1) is 0 Å². The van der Waals surface area contributed by atoms with E-state index < -0.39 is 0 Å². The van der Waals surface area contributed by atoms with Gasteiger partial charge in [-0.2, -0.15) is 0 Å². The third-order valence-electron chi connectivity index (χ3n) is 3.25. The van der Waals surface area contributed by atoms with Crippen molar-refractivity contribution in [3.63, 3.8) is 0 Å². The zero-order valence-corrected chi connectivity index (χ0v) is 12.3. The highest BCUT2D eigenvalue weighted by Gasteiger charge is 2.12. The molecule has 0 aromatic heterocycles. The summed E-state index contributed by atoms with van der Waals surface area (Å²) in [5.41, 5.74) is 3.08. The standard InChI is InChI=1S/C18H19NO2/c1-19(21-2)18(20)14-17(16-11-7-4-8-12-16)13-15-9-5-3-6-10-15/h3-13H,14H2,1-2H3/b17-13+. The number of hydrogen-bond donors (Lipinski definition) is 0. The highest BCUT2D eigenvalue weighted by atomic mass is 16.7. The van der Waals surface area contributed by atoms with Crippen LogP contribution in [-0.2, 0) is 9.63 Å². The number of hydrogen-bond acceptors (Lipinski definition) is 2. The molecule has 0 spiro atoms. The summed E-state index contributed by atoms with van der Waals surface area (Å²) in [6.07, 6.45) is 2.33. The number of nitrogens with zero attached hydrogens (tertiary/aromatic N) is 1. The van der Waals surface area contributed by atoms with E-state index in [-0.39, 0.29) is 5.91 Å². The van der Waals surface area contributed by atoms with Crippen LogP contribution >= 0.6 is 0 Å². The van der Waals surface area contributed by atoms with Gasteiger partial charge in [-0.05, 0) is 16.7 Å². The van der Waals surface area contributed by atoms with Gasteiger partial charge in [0.15, 0.2) is 0 Å². The van der Waals surface area contributed by atoms with Crippen molar-refractivity contribution < 1.29 is 9.63 Å². The van der Waals surface area contributed by atoms with Crippen molar-refractivity contribution in [2.24, 2.45) is 0 Å². The summed E-state index contributed by atoms with van der Waals surface area (Å²) in [5.74, 6) is -0.0801. The zero-order valence-electron chi connectivity index (χ0n) is 12.3. The van der Waals surface area contributed by atoms with E-state index in [0.717, 1.165) is 16.7 Å². The number of hydroxylamine groups is 2. The normalized spacial score (nSPS) is 11.2. The Morgan fingerprint density at radius 3 is 2.19 bits per heavy atom. The first-order chi connectivity index (χ1) is 10.2. The van der Waals surface area contributed by atoms with Gasteiger partial charge in [-0.1, -0.05) is 66.7 Å². The first kappa shape index (κ1) is 15.0. The highest BCUT2D eigenvalue weighted by Crippen LogP contribution is 2.22. The van der Waals surface area contributed by atoms with E-state index >= 15 is 0 Å². The highest BCUT2D eigenvalue weighted by molar-refractivity contribution is 5.94. The largest absolute Gasteiger partial charge is 0.275 e. The van der Waals surface area contributed by atoms with Crippen LogP contribution in [0.1, 0.15) is 17.5 Å². The fraction of sp³-hybridized carbons (Fsp3) is 0.167. The van der Waals surface area contributed by atoms with Gasteiger partial charge >= 0.3 is 0 Å². The monoisotopic (exact) mass is 281 g/mol. The molecule has 3 nitrogen and oxygen atoms in total. The Hall–Kier alpha value is -2.39. The molecule has 0 aliphatic rings. The molecule has 0 heterocycles. The summed E-state index contributed by atoms with van der Waals surface area (Å²) in [6, 6.07) is 19.9. The topological polar surface area (TPSA) is 29.5 Å². The predicted molar refractivity (Wildman–Crippen MR) is 85.2 cm³/mol. The zero-order chi connectivity index (χ0) is 15.1. The van der Waals surface area contributed by atoms with Crippen molar-refractivity contribution in [3.8, 4) is 0 Å². The Morgan fingerprint density at radius 1 is 1.05 bits per heavy atom. The molecule has 0 radical (unpaired) electrons. The average Bonchev–Trinajstić information content (AvgIpc) is 2.55. The van der Waals surface area contributed by atoms with Gasteiger partial charge in [0, 0.05) is 7.05 Å². The number of carbonyl (C=O) groups is 1. The Morgan fingerprint density at radius 2 is 1.62 bits per heavy atom. The van der Waals surface area contributed by atoms with Crippen molar-refractivity contribution >= 4 is 17.6 Å². The number of amides is 1. The molecule has 0 atom stereocenters. The molecule has 1 amide bonds. The van der Waals surface area contributed by atoms with Crippen LogP contribution in [0, 0.1) is 0 Å². The molecule has 2 aromatic carbocycles. The smallest absolute Gasteiger partial charge is 0.250 e. The van der Waals surface area contributed by atoms with E-state index in [1.165, 1.54) is 12.2 Å². The Bertz CT molecular complexity index is 606. The fourth-order valence-corrected chi connectivity index (χ4v) is 2.02. The molecule has 2 rings (SSSR count). The van der Waals surface area contributed by atoms with Gasteiger partial charge in [-0.25, -0.2) is 5.06 Å². The van der Waals surface area contributed by atoms with Gasteiger partial charge in [0.25, 0.3) is 0 Å². The Kier molecular flexibility index (Phi) is 5.29. The van der Waals surface area contributed by atoms with E-state index in [9.17, 15) is 4.79 Å². The molecule has 0 unspecified atom stereocenters. The van der Waals surface area contributed by atoms with E-state index in [0.29, 0.717) is 6.42 Å². The van der Waals surface area contributed by atoms with Crippen molar-refractivity contribution in [1.29, 1.82) is 0 Å².